The van der Waals surface area contributed by atoms with Crippen molar-refractivity contribution in [1.29, 1.82) is 0 Å². The van der Waals surface area contributed by atoms with E-state index in [1.165, 1.54) is 11.1 Å². The molecular formula is C20H26N4O. The summed E-state index contributed by atoms with van der Waals surface area (Å²) < 4.78 is 0. The fourth-order valence-corrected chi connectivity index (χ4v) is 3.39. The number of nitrogens with zero attached hydrogens (tertiary/aromatic N) is 3. The van der Waals surface area contributed by atoms with Crippen LogP contribution < -0.4 is 5.32 Å². The molecule has 2 heterocycles. The first kappa shape index (κ1) is 17.5. The Hall–Kier alpha value is -2.27. The largest absolute Gasteiger partial charge is 0.352 e. The maximum Gasteiger partial charge on any atom is 0.254 e. The van der Waals surface area contributed by atoms with E-state index in [2.05, 4.69) is 51.4 Å². The molecule has 0 saturated carbocycles. The van der Waals surface area contributed by atoms with Gasteiger partial charge in [-0.1, -0.05) is 24.3 Å². The number of carbonyl (C=O) groups excluding carboxylic acids is 1. The fraction of sp³-hybridized carbons (Fsp3) is 0.450. The number of rotatable bonds is 5. The third kappa shape index (κ3) is 4.42. The van der Waals surface area contributed by atoms with Gasteiger partial charge >= 0.3 is 0 Å². The smallest absolute Gasteiger partial charge is 0.254 e. The van der Waals surface area contributed by atoms with Crippen molar-refractivity contribution in [1.82, 2.24) is 20.2 Å². The molecule has 25 heavy (non-hydrogen) atoms. The number of carbonyl (C=O) groups is 1. The fourth-order valence-electron chi connectivity index (χ4n) is 3.39. The summed E-state index contributed by atoms with van der Waals surface area (Å²) >= 11 is 0. The summed E-state index contributed by atoms with van der Waals surface area (Å²) in [5.74, 6) is 1.12. The zero-order valence-electron chi connectivity index (χ0n) is 15.2. The highest BCUT2D eigenvalue weighted by Gasteiger charge is 2.23. The molecule has 5 heteroatoms. The topological polar surface area (TPSA) is 58.1 Å². The van der Waals surface area contributed by atoms with Gasteiger partial charge in [-0.2, -0.15) is 0 Å². The van der Waals surface area contributed by atoms with Crippen LogP contribution in [0.25, 0.3) is 0 Å². The van der Waals surface area contributed by atoms with Crippen LogP contribution in [0.4, 0.5) is 0 Å². The zero-order valence-corrected chi connectivity index (χ0v) is 15.2. The quantitative estimate of drug-likeness (QED) is 0.910. The molecule has 132 valence electrons. The van der Waals surface area contributed by atoms with Crippen LogP contribution in [-0.2, 0) is 6.54 Å². The molecule has 1 aliphatic heterocycles. The maximum absolute atomic E-state index is 12.3. The predicted molar refractivity (Wildman–Crippen MR) is 98.4 cm³/mol. The Morgan fingerprint density at radius 1 is 1.28 bits per heavy atom. The van der Waals surface area contributed by atoms with Crippen molar-refractivity contribution in [2.24, 2.45) is 5.92 Å². The molecule has 1 aromatic carbocycles. The number of benzene rings is 1. The molecule has 1 atom stereocenters. The first-order valence-electron chi connectivity index (χ1n) is 8.88. The molecule has 1 aromatic heterocycles. The number of nitrogens with one attached hydrogen (secondary N) is 1. The number of hydrogen-bond donors (Lipinski definition) is 1. The van der Waals surface area contributed by atoms with Gasteiger partial charge in [0.15, 0.2) is 0 Å². The van der Waals surface area contributed by atoms with E-state index in [-0.39, 0.29) is 5.91 Å². The molecule has 5 nitrogen and oxygen atoms in total. The monoisotopic (exact) mass is 338 g/mol. The third-order valence-electron chi connectivity index (χ3n) is 4.92. The first-order chi connectivity index (χ1) is 12.0. The van der Waals surface area contributed by atoms with Crippen molar-refractivity contribution in [2.75, 3.05) is 19.6 Å². The summed E-state index contributed by atoms with van der Waals surface area (Å²) in [6.45, 7) is 9.65. The van der Waals surface area contributed by atoms with E-state index in [4.69, 9.17) is 0 Å². The van der Waals surface area contributed by atoms with Gasteiger partial charge in [-0.3, -0.25) is 9.69 Å². The molecule has 1 amide bonds. The van der Waals surface area contributed by atoms with Crippen molar-refractivity contribution in [3.63, 3.8) is 0 Å². The van der Waals surface area contributed by atoms with Crippen molar-refractivity contribution < 1.29 is 4.79 Å². The van der Waals surface area contributed by atoms with E-state index in [0.29, 0.717) is 23.9 Å². The lowest BCUT2D eigenvalue weighted by molar-refractivity contribution is 0.0946. The molecule has 2 aromatic rings. The Morgan fingerprint density at radius 3 is 2.84 bits per heavy atom. The van der Waals surface area contributed by atoms with Gasteiger partial charge in [-0.15, -0.1) is 0 Å². The second-order valence-corrected chi connectivity index (χ2v) is 6.94. The number of aromatic nitrogens is 2. The Bertz CT molecular complexity index is 759. The zero-order chi connectivity index (χ0) is 17.8. The highest BCUT2D eigenvalue weighted by molar-refractivity contribution is 5.94. The highest BCUT2D eigenvalue weighted by Crippen LogP contribution is 2.19. The van der Waals surface area contributed by atoms with E-state index in [0.717, 1.165) is 31.7 Å². The van der Waals surface area contributed by atoms with Gasteiger partial charge in [0.25, 0.3) is 5.91 Å². The van der Waals surface area contributed by atoms with Gasteiger partial charge in [0.2, 0.25) is 0 Å². The predicted octanol–water partition coefficient (Wildman–Crippen LogP) is 2.65. The molecule has 0 unspecified atom stereocenters. The second kappa shape index (κ2) is 7.74. The summed E-state index contributed by atoms with van der Waals surface area (Å²) in [7, 11) is 0. The summed E-state index contributed by atoms with van der Waals surface area (Å²) in [4.78, 5) is 23.2. The minimum absolute atomic E-state index is 0.0742. The van der Waals surface area contributed by atoms with Gasteiger partial charge in [-0.05, 0) is 50.8 Å². The molecule has 1 aliphatic rings. The highest BCUT2D eigenvalue weighted by atomic mass is 16.1. The van der Waals surface area contributed by atoms with Crippen LogP contribution in [-0.4, -0.2) is 40.4 Å². The minimum Gasteiger partial charge on any atom is -0.352 e. The molecule has 1 saturated heterocycles. The van der Waals surface area contributed by atoms with E-state index < -0.39 is 0 Å². The Kier molecular flexibility index (Phi) is 5.43. The average molecular weight is 338 g/mol. The van der Waals surface area contributed by atoms with Gasteiger partial charge in [0.1, 0.15) is 5.82 Å². The molecule has 0 radical (unpaired) electrons. The van der Waals surface area contributed by atoms with Crippen LogP contribution in [0.15, 0.2) is 30.5 Å². The molecule has 0 spiro atoms. The molecular weight excluding hydrogens is 312 g/mol. The van der Waals surface area contributed by atoms with Crippen molar-refractivity contribution >= 4 is 5.91 Å². The van der Waals surface area contributed by atoms with Gasteiger partial charge in [0.05, 0.1) is 11.3 Å². The number of likely N-dealkylation sites (tertiary alicyclic amines) is 1. The normalized spacial score (nSPS) is 17.6. The van der Waals surface area contributed by atoms with Crippen LogP contribution in [0.2, 0.25) is 0 Å². The average Bonchev–Trinajstić information content (AvgIpc) is 3.02. The Labute approximate surface area is 149 Å². The third-order valence-corrected chi connectivity index (χ3v) is 4.92. The lowest BCUT2D eigenvalue weighted by atomic mass is 10.1. The second-order valence-electron chi connectivity index (χ2n) is 6.94. The maximum atomic E-state index is 12.3. The summed E-state index contributed by atoms with van der Waals surface area (Å²) in [6, 6.07) is 8.54. The standard InChI is InChI=1S/C20H26N4O/c1-14-6-4-5-7-18(14)13-24-9-8-17(12-24)10-22-20(25)19-11-21-16(3)23-15(19)2/h4-7,11,17H,8-10,12-13H2,1-3H3,(H,22,25)/t17-/m1/s1. The van der Waals surface area contributed by atoms with Crippen LogP contribution in [0.1, 0.15) is 39.4 Å². The van der Waals surface area contributed by atoms with Crippen LogP contribution in [0.5, 0.6) is 0 Å². The molecule has 0 bridgehead atoms. The molecule has 1 N–H and O–H groups in total. The molecule has 1 fully saturated rings. The SMILES string of the molecule is Cc1ncc(C(=O)NC[C@H]2CCN(Cc3ccccc3C)C2)c(C)n1. The van der Waals surface area contributed by atoms with Crippen LogP contribution >= 0.6 is 0 Å². The number of aryl methyl sites for hydroxylation is 3. The van der Waals surface area contributed by atoms with Crippen molar-refractivity contribution in [2.45, 2.75) is 33.7 Å². The first-order valence-corrected chi connectivity index (χ1v) is 8.88. The Balaban J connectivity index is 1.50. The Morgan fingerprint density at radius 2 is 2.08 bits per heavy atom. The lowest BCUT2D eigenvalue weighted by Gasteiger charge is -2.17. The van der Waals surface area contributed by atoms with Gasteiger partial charge in [-0.25, -0.2) is 9.97 Å². The summed E-state index contributed by atoms with van der Waals surface area (Å²) in [5.41, 5.74) is 4.03. The summed E-state index contributed by atoms with van der Waals surface area (Å²) in [5, 5.41) is 3.05. The van der Waals surface area contributed by atoms with Crippen LogP contribution in [0.3, 0.4) is 0 Å². The van der Waals surface area contributed by atoms with Crippen molar-refractivity contribution in [3.05, 3.63) is 58.7 Å². The van der Waals surface area contributed by atoms with Gasteiger partial charge in [0, 0.05) is 25.8 Å². The molecule has 0 aliphatic carbocycles. The van der Waals surface area contributed by atoms with E-state index in [1.54, 1.807) is 6.20 Å². The lowest BCUT2D eigenvalue weighted by Crippen LogP contribution is -2.31. The molecule has 3 rings (SSSR count). The van der Waals surface area contributed by atoms with E-state index in [1.807, 2.05) is 13.8 Å². The van der Waals surface area contributed by atoms with E-state index >= 15 is 0 Å². The minimum atomic E-state index is -0.0742. The van der Waals surface area contributed by atoms with Crippen LogP contribution in [0, 0.1) is 26.7 Å². The van der Waals surface area contributed by atoms with Crippen molar-refractivity contribution in [3.8, 4) is 0 Å². The number of amides is 1. The van der Waals surface area contributed by atoms with Gasteiger partial charge < -0.3 is 5.32 Å². The van der Waals surface area contributed by atoms with E-state index in [9.17, 15) is 4.79 Å². The number of hydrogen-bond acceptors (Lipinski definition) is 4. The summed E-state index contributed by atoms with van der Waals surface area (Å²) in [6.07, 6.45) is 2.74.